The molecule has 0 heterocycles. The Balaban J connectivity index is 1.24. The Kier molecular flexibility index (Phi) is 6.98. The quantitative estimate of drug-likeness (QED) is 0.348. The SMILES string of the molecule is O=C(N[C@H]1CCCc2ccccc21)c1ccc(-c2ccc(S(=O)(=O)NCc3ccccc3)cc2)cc1. The Labute approximate surface area is 212 Å². The molecule has 4 aromatic carbocycles. The summed E-state index contributed by atoms with van der Waals surface area (Å²) in [6, 6.07) is 31.9. The standard InChI is InChI=1S/C30H28N2O3S/c33-30(32-29-12-6-10-25-9-4-5-11-28(25)29)26-15-13-23(14-16-26)24-17-19-27(20-18-24)36(34,35)31-21-22-7-2-1-3-8-22/h1-5,7-9,11,13-20,29,31H,6,10,12,21H2,(H,32,33)/t29-/m0/s1. The first-order chi connectivity index (χ1) is 17.5. The Morgan fingerprint density at radius 3 is 2.14 bits per heavy atom. The summed E-state index contributed by atoms with van der Waals surface area (Å²) in [5.41, 5.74) is 5.81. The van der Waals surface area contributed by atoms with Crippen molar-refractivity contribution in [1.29, 1.82) is 0 Å². The van der Waals surface area contributed by atoms with Gasteiger partial charge < -0.3 is 5.32 Å². The fraction of sp³-hybridized carbons (Fsp3) is 0.167. The van der Waals surface area contributed by atoms with E-state index in [-0.39, 0.29) is 23.4 Å². The lowest BCUT2D eigenvalue weighted by molar-refractivity contribution is 0.0932. The number of rotatable bonds is 7. The Bertz CT molecular complexity index is 1450. The van der Waals surface area contributed by atoms with Crippen LogP contribution in [0.25, 0.3) is 11.1 Å². The molecule has 182 valence electrons. The van der Waals surface area contributed by atoms with E-state index in [1.54, 1.807) is 24.3 Å². The molecule has 0 saturated carbocycles. The zero-order chi connectivity index (χ0) is 25.0. The number of amides is 1. The van der Waals surface area contributed by atoms with E-state index in [0.29, 0.717) is 5.56 Å². The second-order valence-corrected chi connectivity index (χ2v) is 10.8. The molecule has 0 fully saturated rings. The van der Waals surface area contributed by atoms with E-state index in [0.717, 1.165) is 36.0 Å². The molecule has 0 spiro atoms. The van der Waals surface area contributed by atoms with E-state index < -0.39 is 10.0 Å². The molecule has 0 radical (unpaired) electrons. The normalized spacial score (nSPS) is 15.2. The molecular formula is C30H28N2O3S. The van der Waals surface area contributed by atoms with E-state index in [1.807, 2.05) is 66.7 Å². The maximum absolute atomic E-state index is 12.9. The van der Waals surface area contributed by atoms with E-state index >= 15 is 0 Å². The molecule has 1 amide bonds. The van der Waals surface area contributed by atoms with Crippen molar-refractivity contribution in [3.05, 3.63) is 125 Å². The number of carbonyl (C=O) groups is 1. The lowest BCUT2D eigenvalue weighted by Gasteiger charge is -2.26. The Morgan fingerprint density at radius 2 is 1.42 bits per heavy atom. The van der Waals surface area contributed by atoms with Crippen LogP contribution in [0.15, 0.2) is 108 Å². The van der Waals surface area contributed by atoms with Gasteiger partial charge in [-0.25, -0.2) is 13.1 Å². The van der Waals surface area contributed by atoms with Crippen LogP contribution in [0, 0.1) is 0 Å². The van der Waals surface area contributed by atoms with Crippen LogP contribution in [0.2, 0.25) is 0 Å². The highest BCUT2D eigenvalue weighted by molar-refractivity contribution is 7.89. The van der Waals surface area contributed by atoms with Crippen molar-refractivity contribution in [3.63, 3.8) is 0 Å². The van der Waals surface area contributed by atoms with Crippen LogP contribution in [0.3, 0.4) is 0 Å². The Hall–Kier alpha value is -3.74. The van der Waals surface area contributed by atoms with Crippen LogP contribution in [-0.4, -0.2) is 14.3 Å². The third kappa shape index (κ3) is 5.40. The maximum Gasteiger partial charge on any atom is 0.251 e. The van der Waals surface area contributed by atoms with Crippen molar-refractivity contribution in [2.75, 3.05) is 0 Å². The molecule has 6 heteroatoms. The molecule has 1 aliphatic carbocycles. The molecule has 0 saturated heterocycles. The molecule has 0 bridgehead atoms. The molecule has 0 unspecified atom stereocenters. The lowest BCUT2D eigenvalue weighted by Crippen LogP contribution is -2.30. The molecule has 0 aromatic heterocycles. The molecule has 1 atom stereocenters. The summed E-state index contributed by atoms with van der Waals surface area (Å²) in [5, 5.41) is 3.19. The van der Waals surface area contributed by atoms with E-state index in [9.17, 15) is 13.2 Å². The maximum atomic E-state index is 12.9. The second-order valence-electron chi connectivity index (χ2n) is 9.03. The van der Waals surface area contributed by atoms with Crippen LogP contribution in [0.4, 0.5) is 0 Å². The summed E-state index contributed by atoms with van der Waals surface area (Å²) < 4.78 is 28.0. The number of carbonyl (C=O) groups excluding carboxylic acids is 1. The minimum atomic E-state index is -3.61. The third-order valence-corrected chi connectivity index (χ3v) is 8.05. The molecule has 0 aliphatic heterocycles. The van der Waals surface area contributed by atoms with Crippen molar-refractivity contribution in [2.24, 2.45) is 0 Å². The van der Waals surface area contributed by atoms with Gasteiger partial charge in [0.15, 0.2) is 0 Å². The summed E-state index contributed by atoms with van der Waals surface area (Å²) in [6.45, 7) is 0.237. The fourth-order valence-electron chi connectivity index (χ4n) is 4.64. The largest absolute Gasteiger partial charge is 0.345 e. The molecule has 2 N–H and O–H groups in total. The predicted octanol–water partition coefficient (Wildman–Crippen LogP) is 5.64. The summed E-state index contributed by atoms with van der Waals surface area (Å²) in [6.07, 6.45) is 3.06. The first kappa shape index (κ1) is 24.0. The molecular weight excluding hydrogens is 468 g/mol. The third-order valence-electron chi connectivity index (χ3n) is 6.63. The summed E-state index contributed by atoms with van der Waals surface area (Å²) >= 11 is 0. The number of nitrogens with one attached hydrogen (secondary N) is 2. The van der Waals surface area contributed by atoms with E-state index in [1.165, 1.54) is 11.1 Å². The highest BCUT2D eigenvalue weighted by atomic mass is 32.2. The van der Waals surface area contributed by atoms with Gasteiger partial charge >= 0.3 is 0 Å². The highest BCUT2D eigenvalue weighted by Gasteiger charge is 2.22. The summed E-state index contributed by atoms with van der Waals surface area (Å²) in [4.78, 5) is 13.1. The monoisotopic (exact) mass is 496 g/mol. The van der Waals surface area contributed by atoms with Crippen molar-refractivity contribution in [2.45, 2.75) is 36.7 Å². The van der Waals surface area contributed by atoms with Crippen LogP contribution >= 0.6 is 0 Å². The fourth-order valence-corrected chi connectivity index (χ4v) is 5.66. The summed E-state index contributed by atoms with van der Waals surface area (Å²) in [5.74, 6) is -0.0887. The topological polar surface area (TPSA) is 75.3 Å². The molecule has 5 nitrogen and oxygen atoms in total. The van der Waals surface area contributed by atoms with Crippen LogP contribution < -0.4 is 10.0 Å². The number of benzene rings is 4. The molecule has 36 heavy (non-hydrogen) atoms. The van der Waals surface area contributed by atoms with Gasteiger partial charge in [-0.05, 0) is 71.3 Å². The highest BCUT2D eigenvalue weighted by Crippen LogP contribution is 2.30. The Morgan fingerprint density at radius 1 is 0.778 bits per heavy atom. The number of sulfonamides is 1. The number of aryl methyl sites for hydroxylation is 1. The smallest absolute Gasteiger partial charge is 0.251 e. The molecule has 1 aliphatic rings. The minimum Gasteiger partial charge on any atom is -0.345 e. The van der Waals surface area contributed by atoms with Gasteiger partial charge in [-0.1, -0.05) is 78.9 Å². The lowest BCUT2D eigenvalue weighted by atomic mass is 9.87. The molecule has 5 rings (SSSR count). The first-order valence-corrected chi connectivity index (χ1v) is 13.6. The van der Waals surface area contributed by atoms with Crippen molar-refractivity contribution in [1.82, 2.24) is 10.0 Å². The van der Waals surface area contributed by atoms with E-state index in [4.69, 9.17) is 0 Å². The van der Waals surface area contributed by atoms with Crippen LogP contribution in [-0.2, 0) is 23.0 Å². The van der Waals surface area contributed by atoms with E-state index in [2.05, 4.69) is 22.2 Å². The van der Waals surface area contributed by atoms with Gasteiger partial charge in [0.05, 0.1) is 10.9 Å². The van der Waals surface area contributed by atoms with Crippen LogP contribution in [0.1, 0.15) is 45.9 Å². The van der Waals surface area contributed by atoms with Gasteiger partial charge in [0, 0.05) is 12.1 Å². The zero-order valence-corrected chi connectivity index (χ0v) is 20.7. The summed E-state index contributed by atoms with van der Waals surface area (Å²) in [7, 11) is -3.61. The van der Waals surface area contributed by atoms with Gasteiger partial charge in [0.2, 0.25) is 10.0 Å². The number of hydrogen-bond donors (Lipinski definition) is 2. The molecule has 4 aromatic rings. The van der Waals surface area contributed by atoms with Gasteiger partial charge in [0.1, 0.15) is 0 Å². The number of fused-ring (bicyclic) bond motifs is 1. The minimum absolute atomic E-state index is 0.0344. The number of hydrogen-bond acceptors (Lipinski definition) is 3. The second kappa shape index (κ2) is 10.5. The average molecular weight is 497 g/mol. The van der Waals surface area contributed by atoms with Crippen LogP contribution in [0.5, 0.6) is 0 Å². The van der Waals surface area contributed by atoms with Gasteiger partial charge in [-0.3, -0.25) is 4.79 Å². The van der Waals surface area contributed by atoms with Crippen molar-refractivity contribution >= 4 is 15.9 Å². The average Bonchev–Trinajstić information content (AvgIpc) is 2.93. The first-order valence-electron chi connectivity index (χ1n) is 12.1. The van der Waals surface area contributed by atoms with Crippen molar-refractivity contribution in [3.8, 4) is 11.1 Å². The van der Waals surface area contributed by atoms with Gasteiger partial charge in [0.25, 0.3) is 5.91 Å². The van der Waals surface area contributed by atoms with Crippen molar-refractivity contribution < 1.29 is 13.2 Å². The van der Waals surface area contributed by atoms with Gasteiger partial charge in [-0.2, -0.15) is 0 Å². The zero-order valence-electron chi connectivity index (χ0n) is 19.9. The van der Waals surface area contributed by atoms with Gasteiger partial charge in [-0.15, -0.1) is 0 Å². The predicted molar refractivity (Wildman–Crippen MR) is 142 cm³/mol.